The minimum atomic E-state index is -0.356. The Labute approximate surface area is 223 Å². The molecule has 0 spiro atoms. The zero-order chi connectivity index (χ0) is 27.2. The van der Waals surface area contributed by atoms with E-state index in [1.54, 1.807) is 48.2 Å². The monoisotopic (exact) mass is 525 g/mol. The Kier molecular flexibility index (Phi) is 9.21. The molecule has 0 aliphatic carbocycles. The highest BCUT2D eigenvalue weighted by Gasteiger charge is 2.23. The van der Waals surface area contributed by atoms with Gasteiger partial charge in [-0.1, -0.05) is 52.3 Å². The van der Waals surface area contributed by atoms with Gasteiger partial charge in [-0.15, -0.1) is 0 Å². The predicted octanol–water partition coefficient (Wildman–Crippen LogP) is 6.35. The summed E-state index contributed by atoms with van der Waals surface area (Å²) in [6, 6.07) is 15.8. The number of hydrogen-bond donors (Lipinski definition) is 2. The van der Waals surface area contributed by atoms with Gasteiger partial charge in [0.15, 0.2) is 0 Å². The number of hydrogen-bond acceptors (Lipinski definition) is 4. The maximum absolute atomic E-state index is 13.2. The summed E-state index contributed by atoms with van der Waals surface area (Å²) in [5, 5.41) is 11.2. The number of amides is 3. The quantitative estimate of drug-likeness (QED) is 0.340. The molecule has 198 valence electrons. The molecule has 3 aromatic rings. The van der Waals surface area contributed by atoms with Crippen LogP contribution >= 0.6 is 11.6 Å². The Morgan fingerprint density at radius 3 is 2.41 bits per heavy atom. The van der Waals surface area contributed by atoms with Crippen molar-refractivity contribution in [2.45, 2.75) is 46.5 Å². The Morgan fingerprint density at radius 1 is 1.08 bits per heavy atom. The van der Waals surface area contributed by atoms with Crippen molar-refractivity contribution in [1.29, 1.82) is 0 Å². The average molecular weight is 526 g/mol. The van der Waals surface area contributed by atoms with Crippen LogP contribution < -0.4 is 15.4 Å². The Morgan fingerprint density at radius 2 is 1.78 bits per heavy atom. The lowest BCUT2D eigenvalue weighted by molar-refractivity contribution is -0.116. The van der Waals surface area contributed by atoms with Gasteiger partial charge in [-0.25, -0.2) is 9.48 Å². The molecule has 0 fully saturated rings. The van der Waals surface area contributed by atoms with Crippen LogP contribution in [-0.4, -0.2) is 46.8 Å². The highest BCUT2D eigenvalue weighted by Crippen LogP contribution is 2.27. The molecule has 3 amide bonds. The molecule has 9 heteroatoms. The minimum absolute atomic E-state index is 0.112. The fourth-order valence-electron chi connectivity index (χ4n) is 3.54. The number of carbonyl (C=O) groups is 2. The van der Waals surface area contributed by atoms with Gasteiger partial charge >= 0.3 is 6.03 Å². The number of rotatable bonds is 9. The number of nitrogens with zero attached hydrogens (tertiary/aromatic N) is 3. The van der Waals surface area contributed by atoms with Gasteiger partial charge in [-0.05, 0) is 48.7 Å². The molecular weight excluding hydrogens is 490 g/mol. The SMILES string of the molecule is COc1cccc(NC(=O)N(CCC(C)C)CC(=O)Nc2cc(C(C)(C)C)nn2-c2ccc(Cl)cc2)c1. The van der Waals surface area contributed by atoms with Gasteiger partial charge in [0.25, 0.3) is 0 Å². The third-order valence-electron chi connectivity index (χ3n) is 5.74. The maximum Gasteiger partial charge on any atom is 0.322 e. The first-order chi connectivity index (χ1) is 17.5. The first kappa shape index (κ1) is 28.1. The Balaban J connectivity index is 1.81. The van der Waals surface area contributed by atoms with E-state index in [-0.39, 0.29) is 23.9 Å². The van der Waals surface area contributed by atoms with Crippen LogP contribution in [-0.2, 0) is 10.2 Å². The fraction of sp³-hybridized carbons (Fsp3) is 0.393. The van der Waals surface area contributed by atoms with Gasteiger partial charge < -0.3 is 20.3 Å². The molecule has 0 unspecified atom stereocenters. The molecule has 1 heterocycles. The van der Waals surface area contributed by atoms with E-state index < -0.39 is 0 Å². The summed E-state index contributed by atoms with van der Waals surface area (Å²) in [4.78, 5) is 27.9. The van der Waals surface area contributed by atoms with E-state index >= 15 is 0 Å². The van der Waals surface area contributed by atoms with Crippen molar-refractivity contribution >= 4 is 35.0 Å². The van der Waals surface area contributed by atoms with Crippen LogP contribution in [0.25, 0.3) is 5.69 Å². The maximum atomic E-state index is 13.2. The lowest BCUT2D eigenvalue weighted by Gasteiger charge is -2.23. The summed E-state index contributed by atoms with van der Waals surface area (Å²) >= 11 is 6.06. The second-order valence-corrected chi connectivity index (χ2v) is 10.8. The van der Waals surface area contributed by atoms with Crippen LogP contribution in [0.5, 0.6) is 5.75 Å². The third-order valence-corrected chi connectivity index (χ3v) is 5.99. The third kappa shape index (κ3) is 7.98. The smallest absolute Gasteiger partial charge is 0.322 e. The summed E-state index contributed by atoms with van der Waals surface area (Å²) in [7, 11) is 1.57. The number of carbonyl (C=O) groups excluding carboxylic acids is 2. The molecule has 0 aliphatic rings. The Hall–Kier alpha value is -3.52. The number of aromatic nitrogens is 2. The van der Waals surface area contributed by atoms with Crippen LogP contribution in [0.3, 0.4) is 0 Å². The molecule has 0 atom stereocenters. The molecule has 37 heavy (non-hydrogen) atoms. The van der Waals surface area contributed by atoms with Gasteiger partial charge in [0.1, 0.15) is 18.1 Å². The zero-order valence-corrected chi connectivity index (χ0v) is 23.1. The molecule has 8 nitrogen and oxygen atoms in total. The van der Waals surface area contributed by atoms with Gasteiger partial charge in [-0.2, -0.15) is 5.10 Å². The van der Waals surface area contributed by atoms with Crippen molar-refractivity contribution in [2.24, 2.45) is 5.92 Å². The molecule has 1 aromatic heterocycles. The molecule has 2 aromatic carbocycles. The first-order valence-electron chi connectivity index (χ1n) is 12.3. The van der Waals surface area contributed by atoms with Crippen LogP contribution in [0.15, 0.2) is 54.6 Å². The van der Waals surface area contributed by atoms with Crippen LogP contribution in [0.4, 0.5) is 16.3 Å². The number of urea groups is 1. The van der Waals surface area contributed by atoms with Crippen molar-refractivity contribution in [2.75, 3.05) is 30.8 Å². The molecule has 0 radical (unpaired) electrons. The van der Waals surface area contributed by atoms with Crippen LogP contribution in [0.2, 0.25) is 5.02 Å². The lowest BCUT2D eigenvalue weighted by atomic mass is 9.92. The highest BCUT2D eigenvalue weighted by molar-refractivity contribution is 6.30. The summed E-state index contributed by atoms with van der Waals surface area (Å²) < 4.78 is 6.93. The van der Waals surface area contributed by atoms with Crippen LogP contribution in [0.1, 0.15) is 46.7 Å². The molecule has 0 saturated heterocycles. The number of nitrogens with one attached hydrogen (secondary N) is 2. The van der Waals surface area contributed by atoms with E-state index in [2.05, 4.69) is 45.3 Å². The largest absolute Gasteiger partial charge is 0.497 e. The van der Waals surface area contributed by atoms with Gasteiger partial charge in [0.2, 0.25) is 5.91 Å². The number of halogens is 1. The first-order valence-corrected chi connectivity index (χ1v) is 12.7. The normalized spacial score (nSPS) is 11.4. The van der Waals surface area contributed by atoms with Crippen molar-refractivity contribution in [3.05, 3.63) is 65.3 Å². The second kappa shape index (κ2) is 12.1. The van der Waals surface area contributed by atoms with Gasteiger partial charge in [0.05, 0.1) is 18.5 Å². The lowest BCUT2D eigenvalue weighted by Crippen LogP contribution is -2.41. The van der Waals surface area contributed by atoms with Crippen molar-refractivity contribution < 1.29 is 14.3 Å². The van der Waals surface area contributed by atoms with E-state index in [1.807, 2.05) is 18.2 Å². The number of anilines is 2. The molecule has 0 saturated carbocycles. The summed E-state index contributed by atoms with van der Waals surface area (Å²) in [5.74, 6) is 1.21. The zero-order valence-electron chi connectivity index (χ0n) is 22.3. The summed E-state index contributed by atoms with van der Waals surface area (Å²) in [6.07, 6.45) is 0.760. The van der Waals surface area contributed by atoms with E-state index in [9.17, 15) is 9.59 Å². The molecule has 3 rings (SSSR count). The van der Waals surface area contributed by atoms with Gasteiger partial charge in [-0.3, -0.25) is 4.79 Å². The minimum Gasteiger partial charge on any atom is -0.497 e. The average Bonchev–Trinajstić information content (AvgIpc) is 3.26. The van der Waals surface area contributed by atoms with Crippen LogP contribution in [0, 0.1) is 5.92 Å². The van der Waals surface area contributed by atoms with Crippen molar-refractivity contribution in [3.8, 4) is 11.4 Å². The summed E-state index contributed by atoms with van der Waals surface area (Å²) in [5.41, 5.74) is 1.96. The van der Waals surface area contributed by atoms with Gasteiger partial charge in [0, 0.05) is 34.8 Å². The molecular formula is C28H36ClN5O3. The van der Waals surface area contributed by atoms with E-state index in [0.717, 1.165) is 17.8 Å². The molecule has 0 aliphatic heterocycles. The van der Waals surface area contributed by atoms with Crippen molar-refractivity contribution in [1.82, 2.24) is 14.7 Å². The second-order valence-electron chi connectivity index (χ2n) is 10.4. The molecule has 0 bridgehead atoms. The predicted molar refractivity (Wildman–Crippen MR) is 149 cm³/mol. The Bertz CT molecular complexity index is 1220. The van der Waals surface area contributed by atoms with E-state index in [4.69, 9.17) is 21.4 Å². The number of ether oxygens (including phenoxy) is 1. The highest BCUT2D eigenvalue weighted by atomic mass is 35.5. The topological polar surface area (TPSA) is 88.5 Å². The summed E-state index contributed by atoms with van der Waals surface area (Å²) in [6.45, 7) is 10.7. The number of methoxy groups -OCH3 is 1. The molecule has 2 N–H and O–H groups in total. The fourth-order valence-corrected chi connectivity index (χ4v) is 3.67. The van der Waals surface area contributed by atoms with E-state index in [1.165, 1.54) is 4.90 Å². The van der Waals surface area contributed by atoms with Crippen molar-refractivity contribution in [3.63, 3.8) is 0 Å². The van der Waals surface area contributed by atoms with E-state index in [0.29, 0.717) is 34.7 Å². The standard InChI is InChI=1S/C28H36ClN5O3/c1-19(2)14-15-33(27(36)30-21-8-7-9-23(16-21)37-6)18-26(35)31-25-17-24(28(3,4)5)32-34(25)22-12-10-20(29)11-13-22/h7-13,16-17,19H,14-15,18H2,1-6H3,(H,30,36)(H,31,35). The number of benzene rings is 2.